The van der Waals surface area contributed by atoms with Crippen LogP contribution in [-0.4, -0.2) is 67.0 Å². The Morgan fingerprint density at radius 2 is 2.44 bits per heavy atom. The summed E-state index contributed by atoms with van der Waals surface area (Å²) < 4.78 is 0. The maximum atomic E-state index is 12.2. The maximum Gasteiger partial charge on any atom is 0.240 e. The number of likely N-dealkylation sites (N-methyl/N-ethyl adjacent to an activating group) is 2. The van der Waals surface area contributed by atoms with Crippen LogP contribution in [0.4, 0.5) is 0 Å². The highest BCUT2D eigenvalue weighted by Gasteiger charge is 2.25. The average Bonchev–Trinajstić information content (AvgIpc) is 2.88. The van der Waals surface area contributed by atoms with Crippen molar-refractivity contribution in [2.45, 2.75) is 12.5 Å². The number of carbonyl (C=O) groups excluding carboxylic acids is 1. The van der Waals surface area contributed by atoms with Gasteiger partial charge in [0.2, 0.25) is 5.91 Å². The minimum atomic E-state index is -0.0556. The van der Waals surface area contributed by atoms with E-state index in [1.54, 1.807) is 0 Å². The van der Waals surface area contributed by atoms with Gasteiger partial charge in [0.05, 0.1) is 6.04 Å². The summed E-state index contributed by atoms with van der Waals surface area (Å²) >= 11 is 0. The molecule has 1 fully saturated rings. The molecule has 18 heavy (non-hydrogen) atoms. The first-order chi connectivity index (χ1) is 8.66. The van der Waals surface area contributed by atoms with E-state index in [1.165, 1.54) is 5.56 Å². The number of aromatic nitrogens is 1. The molecule has 2 N–H and O–H groups in total. The second-order valence-corrected chi connectivity index (χ2v) is 5.00. The molecule has 1 amide bonds. The number of hydrogen-bond acceptors (Lipinski definition) is 3. The molecule has 100 valence electrons. The Labute approximate surface area is 108 Å². The van der Waals surface area contributed by atoms with Crippen LogP contribution in [0.15, 0.2) is 18.5 Å². The lowest BCUT2D eigenvalue weighted by Crippen LogP contribution is -2.56. The molecular formula is C13H22N4O. The first-order valence-electron chi connectivity index (χ1n) is 6.45. The fourth-order valence-electron chi connectivity index (χ4n) is 2.25. The summed E-state index contributed by atoms with van der Waals surface area (Å²) in [7, 11) is 3.94. The van der Waals surface area contributed by atoms with Crippen molar-refractivity contribution in [2.75, 3.05) is 40.3 Å². The number of carbonyl (C=O) groups is 1. The molecule has 0 aliphatic carbocycles. The molecule has 1 saturated heterocycles. The summed E-state index contributed by atoms with van der Waals surface area (Å²) in [6, 6.07) is 1.99. The Kier molecular flexibility index (Phi) is 4.38. The summed E-state index contributed by atoms with van der Waals surface area (Å²) in [5.74, 6) is 0.192. The number of rotatable bonds is 4. The molecule has 2 heterocycles. The third kappa shape index (κ3) is 3.34. The molecule has 1 aromatic rings. The SMILES string of the molecule is CN1CCNC(C(=O)N(C)CCc2cc[nH]c2)C1. The minimum Gasteiger partial charge on any atom is -0.367 e. The average molecular weight is 250 g/mol. The summed E-state index contributed by atoms with van der Waals surface area (Å²) in [6.07, 6.45) is 4.79. The zero-order valence-corrected chi connectivity index (χ0v) is 11.1. The molecule has 0 aromatic carbocycles. The minimum absolute atomic E-state index is 0.0556. The van der Waals surface area contributed by atoms with Crippen LogP contribution in [0.5, 0.6) is 0 Å². The van der Waals surface area contributed by atoms with Crippen LogP contribution in [0.3, 0.4) is 0 Å². The molecule has 1 aliphatic heterocycles. The normalized spacial score (nSPS) is 20.9. The highest BCUT2D eigenvalue weighted by molar-refractivity contribution is 5.82. The lowest BCUT2D eigenvalue weighted by atomic mass is 10.1. The molecule has 1 atom stereocenters. The summed E-state index contributed by atoms with van der Waals surface area (Å²) in [6.45, 7) is 3.46. The number of aromatic amines is 1. The van der Waals surface area contributed by atoms with Gasteiger partial charge in [-0.2, -0.15) is 0 Å². The molecule has 1 unspecified atom stereocenters. The van der Waals surface area contributed by atoms with Crippen molar-refractivity contribution in [3.8, 4) is 0 Å². The van der Waals surface area contributed by atoms with Gasteiger partial charge >= 0.3 is 0 Å². The Balaban J connectivity index is 1.80. The van der Waals surface area contributed by atoms with Crippen LogP contribution in [0.2, 0.25) is 0 Å². The van der Waals surface area contributed by atoms with E-state index in [4.69, 9.17) is 0 Å². The fraction of sp³-hybridized carbons (Fsp3) is 0.615. The predicted molar refractivity (Wildman–Crippen MR) is 71.4 cm³/mol. The van der Waals surface area contributed by atoms with Gasteiger partial charge in [-0.15, -0.1) is 0 Å². The largest absolute Gasteiger partial charge is 0.367 e. The second kappa shape index (κ2) is 6.02. The van der Waals surface area contributed by atoms with Gasteiger partial charge in [-0.1, -0.05) is 0 Å². The van der Waals surface area contributed by atoms with Gasteiger partial charge in [0.25, 0.3) is 0 Å². The maximum absolute atomic E-state index is 12.2. The number of H-pyrrole nitrogens is 1. The van der Waals surface area contributed by atoms with Crippen LogP contribution in [0.1, 0.15) is 5.56 Å². The fourth-order valence-corrected chi connectivity index (χ4v) is 2.25. The van der Waals surface area contributed by atoms with E-state index in [2.05, 4.69) is 22.2 Å². The zero-order valence-electron chi connectivity index (χ0n) is 11.1. The lowest BCUT2D eigenvalue weighted by molar-refractivity contribution is -0.133. The lowest BCUT2D eigenvalue weighted by Gasteiger charge is -2.32. The standard InChI is InChI=1S/C13H22N4O/c1-16-8-6-15-12(10-16)13(18)17(2)7-4-11-3-5-14-9-11/h3,5,9,12,14-15H,4,6-8,10H2,1-2H3. The Hall–Kier alpha value is -1.33. The quantitative estimate of drug-likeness (QED) is 0.786. The zero-order chi connectivity index (χ0) is 13.0. The van der Waals surface area contributed by atoms with Gasteiger partial charge in [-0.25, -0.2) is 0 Å². The van der Waals surface area contributed by atoms with E-state index in [9.17, 15) is 4.79 Å². The van der Waals surface area contributed by atoms with Crippen molar-refractivity contribution in [2.24, 2.45) is 0 Å². The van der Waals surface area contributed by atoms with Crippen molar-refractivity contribution in [3.05, 3.63) is 24.0 Å². The van der Waals surface area contributed by atoms with Crippen LogP contribution < -0.4 is 5.32 Å². The number of piperazine rings is 1. The molecule has 0 bridgehead atoms. The van der Waals surface area contributed by atoms with Crippen LogP contribution in [-0.2, 0) is 11.2 Å². The van der Waals surface area contributed by atoms with Crippen molar-refractivity contribution in [3.63, 3.8) is 0 Å². The van der Waals surface area contributed by atoms with E-state index in [-0.39, 0.29) is 11.9 Å². The monoisotopic (exact) mass is 250 g/mol. The molecule has 5 heteroatoms. The number of nitrogens with zero attached hydrogens (tertiary/aromatic N) is 2. The van der Waals surface area contributed by atoms with Gasteiger partial charge in [-0.05, 0) is 25.1 Å². The summed E-state index contributed by atoms with van der Waals surface area (Å²) in [5.41, 5.74) is 1.24. The van der Waals surface area contributed by atoms with Crippen LogP contribution in [0.25, 0.3) is 0 Å². The topological polar surface area (TPSA) is 51.4 Å². The van der Waals surface area contributed by atoms with Gasteiger partial charge < -0.3 is 20.1 Å². The van der Waals surface area contributed by atoms with E-state index >= 15 is 0 Å². The smallest absolute Gasteiger partial charge is 0.240 e. The molecule has 5 nitrogen and oxygen atoms in total. The molecular weight excluding hydrogens is 228 g/mol. The third-order valence-electron chi connectivity index (χ3n) is 3.45. The Bertz CT molecular complexity index is 376. The van der Waals surface area contributed by atoms with E-state index < -0.39 is 0 Å². The van der Waals surface area contributed by atoms with E-state index in [1.807, 2.05) is 30.4 Å². The van der Waals surface area contributed by atoms with E-state index in [0.29, 0.717) is 0 Å². The molecule has 1 aromatic heterocycles. The molecule has 0 saturated carbocycles. The Morgan fingerprint density at radius 1 is 1.61 bits per heavy atom. The number of nitrogens with one attached hydrogen (secondary N) is 2. The van der Waals surface area contributed by atoms with Crippen LogP contribution in [0, 0.1) is 0 Å². The summed E-state index contributed by atoms with van der Waals surface area (Å²) in [4.78, 5) is 19.3. The predicted octanol–water partition coefficient (Wildman–Crippen LogP) is -0.0808. The van der Waals surface area contributed by atoms with Crippen LogP contribution >= 0.6 is 0 Å². The molecule has 1 aliphatic rings. The van der Waals surface area contributed by atoms with Crippen molar-refractivity contribution in [1.29, 1.82) is 0 Å². The van der Waals surface area contributed by atoms with Gasteiger partial charge in [0, 0.05) is 45.6 Å². The number of amides is 1. The van der Waals surface area contributed by atoms with Crippen molar-refractivity contribution < 1.29 is 4.79 Å². The van der Waals surface area contributed by atoms with Gasteiger partial charge in [-0.3, -0.25) is 4.79 Å². The molecule has 0 spiro atoms. The summed E-state index contributed by atoms with van der Waals surface area (Å²) in [5, 5.41) is 3.28. The van der Waals surface area contributed by atoms with Gasteiger partial charge in [0.1, 0.15) is 0 Å². The van der Waals surface area contributed by atoms with Gasteiger partial charge in [0.15, 0.2) is 0 Å². The first kappa shape index (κ1) is 13.1. The third-order valence-corrected chi connectivity index (χ3v) is 3.45. The number of hydrogen-bond donors (Lipinski definition) is 2. The second-order valence-electron chi connectivity index (χ2n) is 5.00. The highest BCUT2D eigenvalue weighted by Crippen LogP contribution is 2.03. The highest BCUT2D eigenvalue weighted by atomic mass is 16.2. The molecule has 2 rings (SSSR count). The van der Waals surface area contributed by atoms with E-state index in [0.717, 1.165) is 32.6 Å². The van der Waals surface area contributed by atoms with Crippen molar-refractivity contribution >= 4 is 5.91 Å². The van der Waals surface area contributed by atoms with Crippen molar-refractivity contribution in [1.82, 2.24) is 20.1 Å². The molecule has 0 radical (unpaired) electrons. The Morgan fingerprint density at radius 3 is 3.11 bits per heavy atom. The first-order valence-corrected chi connectivity index (χ1v) is 6.45.